The number of carbonyl (C=O) groups is 2. The molecule has 6 heteroatoms. The zero-order valence-corrected chi connectivity index (χ0v) is 14.3. The van der Waals surface area contributed by atoms with Gasteiger partial charge in [-0.15, -0.1) is 0 Å². The van der Waals surface area contributed by atoms with E-state index in [1.165, 1.54) is 0 Å². The molecule has 1 unspecified atom stereocenters. The maximum absolute atomic E-state index is 11.7. The molecule has 1 N–H and O–H groups in total. The minimum absolute atomic E-state index is 0.0192. The second-order valence-electron chi connectivity index (χ2n) is 4.94. The number of rotatable bonds is 8. The number of nitrogens with zero attached hydrogens (tertiary/aromatic N) is 1. The lowest BCUT2D eigenvalue weighted by Gasteiger charge is -2.30. The van der Waals surface area contributed by atoms with E-state index < -0.39 is 11.9 Å². The lowest BCUT2D eigenvalue weighted by Crippen LogP contribution is -2.40. The molecule has 0 bridgehead atoms. The first-order valence-corrected chi connectivity index (χ1v) is 7.90. The van der Waals surface area contributed by atoms with E-state index in [1.54, 1.807) is 14.0 Å². The Bertz CT molecular complexity index is 498. The van der Waals surface area contributed by atoms with Crippen LogP contribution >= 0.6 is 0 Å². The number of methoxy groups -OCH3 is 1. The highest BCUT2D eigenvalue weighted by Crippen LogP contribution is 2.22. The third kappa shape index (κ3) is 5.56. The van der Waals surface area contributed by atoms with Crippen LogP contribution in [-0.4, -0.2) is 50.1 Å². The summed E-state index contributed by atoms with van der Waals surface area (Å²) >= 11 is 0. The van der Waals surface area contributed by atoms with Gasteiger partial charge in [-0.25, -0.2) is 4.79 Å². The summed E-state index contributed by atoms with van der Waals surface area (Å²) in [5.74, 6) is -0.777. The third-order valence-electron chi connectivity index (χ3n) is 3.67. The Morgan fingerprint density at radius 3 is 2.22 bits per heavy atom. The molecule has 0 aliphatic carbocycles. The molecule has 0 radical (unpaired) electrons. The largest absolute Gasteiger partial charge is 0.497 e. The van der Waals surface area contributed by atoms with Crippen LogP contribution in [0.1, 0.15) is 32.4 Å². The van der Waals surface area contributed by atoms with Gasteiger partial charge in [0.1, 0.15) is 5.75 Å². The topological polar surface area (TPSA) is 67.9 Å². The molecule has 1 aromatic carbocycles. The van der Waals surface area contributed by atoms with Gasteiger partial charge in [-0.2, -0.15) is 0 Å². The summed E-state index contributed by atoms with van der Waals surface area (Å²) in [5, 5.41) is 2.66. The predicted octanol–water partition coefficient (Wildman–Crippen LogP) is 1.76. The summed E-state index contributed by atoms with van der Waals surface area (Å²) < 4.78 is 9.88. The van der Waals surface area contributed by atoms with Crippen molar-refractivity contribution in [3.05, 3.63) is 29.8 Å². The quantitative estimate of drug-likeness (QED) is 0.583. The molecule has 0 spiro atoms. The monoisotopic (exact) mass is 322 g/mol. The fraction of sp³-hybridized carbons (Fsp3) is 0.529. The van der Waals surface area contributed by atoms with Gasteiger partial charge >= 0.3 is 11.9 Å². The van der Waals surface area contributed by atoms with Crippen molar-refractivity contribution < 1.29 is 19.1 Å². The van der Waals surface area contributed by atoms with E-state index >= 15 is 0 Å². The Morgan fingerprint density at radius 1 is 1.13 bits per heavy atom. The van der Waals surface area contributed by atoms with Crippen molar-refractivity contribution in [1.29, 1.82) is 0 Å². The van der Waals surface area contributed by atoms with Crippen LogP contribution in [0.25, 0.3) is 0 Å². The van der Waals surface area contributed by atoms with Crippen LogP contribution in [0, 0.1) is 0 Å². The number of carbonyl (C=O) groups excluding carboxylic acids is 2. The van der Waals surface area contributed by atoms with Crippen molar-refractivity contribution in [1.82, 2.24) is 10.2 Å². The maximum atomic E-state index is 11.7. The smallest absolute Gasteiger partial charge is 0.396 e. The standard InChI is InChI=1S/C17H26N2O4/c1-5-19(6-2)15(12-18-16(20)17(21)23-7-3)13-8-10-14(22-4)11-9-13/h8-11,15H,5-7,12H2,1-4H3,(H,18,20). The van der Waals surface area contributed by atoms with Crippen molar-refractivity contribution in [3.63, 3.8) is 0 Å². The molecular weight excluding hydrogens is 296 g/mol. The van der Waals surface area contributed by atoms with Crippen LogP contribution in [0.5, 0.6) is 5.75 Å². The van der Waals surface area contributed by atoms with Crippen LogP contribution in [0.2, 0.25) is 0 Å². The first-order chi connectivity index (χ1) is 11.1. The lowest BCUT2D eigenvalue weighted by molar-refractivity contribution is -0.154. The maximum Gasteiger partial charge on any atom is 0.396 e. The molecule has 0 aliphatic heterocycles. The summed E-state index contributed by atoms with van der Waals surface area (Å²) in [6.07, 6.45) is 0. The van der Waals surface area contributed by atoms with Crippen molar-refractivity contribution in [2.45, 2.75) is 26.8 Å². The Hall–Kier alpha value is -2.08. The number of ether oxygens (including phenoxy) is 2. The van der Waals surface area contributed by atoms with Gasteiger partial charge in [0.05, 0.1) is 19.8 Å². The van der Waals surface area contributed by atoms with Gasteiger partial charge in [0, 0.05) is 6.54 Å². The molecule has 23 heavy (non-hydrogen) atoms. The van der Waals surface area contributed by atoms with Crippen LogP contribution in [0.3, 0.4) is 0 Å². The molecule has 0 fully saturated rings. The van der Waals surface area contributed by atoms with Crippen LogP contribution in [-0.2, 0) is 14.3 Å². The van der Waals surface area contributed by atoms with E-state index in [2.05, 4.69) is 24.1 Å². The van der Waals surface area contributed by atoms with Gasteiger partial charge in [-0.05, 0) is 37.7 Å². The van der Waals surface area contributed by atoms with Crippen LogP contribution in [0.15, 0.2) is 24.3 Å². The summed E-state index contributed by atoms with van der Waals surface area (Å²) in [6.45, 7) is 7.99. The molecule has 1 amide bonds. The highest BCUT2D eigenvalue weighted by atomic mass is 16.5. The molecule has 0 saturated heterocycles. The minimum Gasteiger partial charge on any atom is -0.497 e. The van der Waals surface area contributed by atoms with Gasteiger partial charge in [0.15, 0.2) is 0 Å². The number of esters is 1. The van der Waals surface area contributed by atoms with Gasteiger partial charge in [-0.3, -0.25) is 9.69 Å². The summed E-state index contributed by atoms with van der Waals surface area (Å²) in [5.41, 5.74) is 1.05. The Kier molecular flexibility index (Phi) is 8.11. The molecule has 0 aliphatic rings. The average Bonchev–Trinajstić information content (AvgIpc) is 2.58. The van der Waals surface area contributed by atoms with E-state index in [9.17, 15) is 9.59 Å². The Labute approximate surface area is 137 Å². The number of hydrogen-bond donors (Lipinski definition) is 1. The Morgan fingerprint density at radius 2 is 1.74 bits per heavy atom. The van der Waals surface area contributed by atoms with Crippen LogP contribution < -0.4 is 10.1 Å². The highest BCUT2D eigenvalue weighted by molar-refractivity contribution is 6.32. The zero-order valence-electron chi connectivity index (χ0n) is 14.3. The van der Waals surface area contributed by atoms with Crippen molar-refractivity contribution in [2.75, 3.05) is 33.4 Å². The van der Waals surface area contributed by atoms with Crippen molar-refractivity contribution in [3.8, 4) is 5.75 Å². The number of benzene rings is 1. The minimum atomic E-state index is -0.847. The molecule has 1 rings (SSSR count). The number of amides is 1. The van der Waals surface area contributed by atoms with Gasteiger partial charge < -0.3 is 14.8 Å². The van der Waals surface area contributed by atoms with E-state index in [1.807, 2.05) is 24.3 Å². The normalized spacial score (nSPS) is 11.9. The number of hydrogen-bond acceptors (Lipinski definition) is 5. The van der Waals surface area contributed by atoms with Crippen molar-refractivity contribution >= 4 is 11.9 Å². The highest BCUT2D eigenvalue weighted by Gasteiger charge is 2.21. The Balaban J connectivity index is 2.84. The third-order valence-corrected chi connectivity index (χ3v) is 3.67. The molecule has 0 heterocycles. The molecule has 128 valence electrons. The first-order valence-electron chi connectivity index (χ1n) is 7.90. The van der Waals surface area contributed by atoms with Gasteiger partial charge in [0.25, 0.3) is 0 Å². The van der Waals surface area contributed by atoms with Gasteiger partial charge in [-0.1, -0.05) is 26.0 Å². The van der Waals surface area contributed by atoms with Crippen molar-refractivity contribution in [2.24, 2.45) is 0 Å². The molecule has 0 aromatic heterocycles. The number of nitrogens with one attached hydrogen (secondary N) is 1. The van der Waals surface area contributed by atoms with Crippen LogP contribution in [0.4, 0.5) is 0 Å². The van der Waals surface area contributed by atoms with Gasteiger partial charge in [0.2, 0.25) is 0 Å². The predicted molar refractivity (Wildman–Crippen MR) is 88.3 cm³/mol. The number of likely N-dealkylation sites (N-methyl/N-ethyl adjacent to an activating group) is 1. The molecular formula is C17H26N2O4. The summed E-state index contributed by atoms with van der Waals surface area (Å²) in [6, 6.07) is 7.70. The summed E-state index contributed by atoms with van der Waals surface area (Å²) in [4.78, 5) is 25.4. The van der Waals surface area contributed by atoms with E-state index in [4.69, 9.17) is 9.47 Å². The molecule has 1 aromatic rings. The second-order valence-corrected chi connectivity index (χ2v) is 4.94. The van der Waals surface area contributed by atoms with E-state index in [0.717, 1.165) is 24.4 Å². The first kappa shape index (κ1) is 19.0. The summed E-state index contributed by atoms with van der Waals surface area (Å²) in [7, 11) is 1.62. The second kappa shape index (κ2) is 9.84. The molecule has 0 saturated carbocycles. The lowest BCUT2D eigenvalue weighted by atomic mass is 10.0. The molecule has 6 nitrogen and oxygen atoms in total. The van der Waals surface area contributed by atoms with E-state index in [-0.39, 0.29) is 12.6 Å². The fourth-order valence-electron chi connectivity index (χ4n) is 2.41. The van der Waals surface area contributed by atoms with E-state index in [0.29, 0.717) is 6.54 Å². The SMILES string of the molecule is CCOC(=O)C(=O)NCC(c1ccc(OC)cc1)N(CC)CC. The average molecular weight is 322 g/mol. The fourth-order valence-corrected chi connectivity index (χ4v) is 2.41. The zero-order chi connectivity index (χ0) is 17.2. The molecule has 1 atom stereocenters.